The molecule has 6 heteroatoms. The van der Waals surface area contributed by atoms with Crippen molar-refractivity contribution in [3.8, 4) is 0 Å². The highest BCUT2D eigenvalue weighted by Crippen LogP contribution is 2.25. The largest absolute Gasteiger partial charge is 0.384 e. The third-order valence-electron chi connectivity index (χ3n) is 3.90. The van der Waals surface area contributed by atoms with Gasteiger partial charge < -0.3 is 16.0 Å². The lowest BCUT2D eigenvalue weighted by molar-refractivity contribution is -0.121. The van der Waals surface area contributed by atoms with Gasteiger partial charge in [-0.2, -0.15) is 0 Å². The van der Waals surface area contributed by atoms with Crippen molar-refractivity contribution in [2.24, 2.45) is 5.73 Å². The van der Waals surface area contributed by atoms with Crippen LogP contribution in [0.5, 0.6) is 0 Å². The van der Waals surface area contributed by atoms with E-state index < -0.39 is 11.9 Å². The second-order valence-electron chi connectivity index (χ2n) is 5.11. The first-order valence-corrected chi connectivity index (χ1v) is 6.64. The third kappa shape index (κ3) is 2.45. The van der Waals surface area contributed by atoms with Crippen LogP contribution in [0.2, 0.25) is 0 Å². The van der Waals surface area contributed by atoms with Crippen LogP contribution in [0.1, 0.15) is 28.8 Å². The number of rotatable bonds is 2. The number of anilines is 1. The van der Waals surface area contributed by atoms with Gasteiger partial charge in [0.15, 0.2) is 0 Å². The molecule has 1 atom stereocenters. The summed E-state index contributed by atoms with van der Waals surface area (Å²) in [6.07, 6.45) is 2.45. The Morgan fingerprint density at radius 1 is 1.35 bits per heavy atom. The molecule has 3 N–H and O–H groups in total. The van der Waals surface area contributed by atoms with E-state index in [4.69, 9.17) is 5.73 Å². The van der Waals surface area contributed by atoms with E-state index in [2.05, 4.69) is 5.32 Å². The smallest absolute Gasteiger partial charge is 0.254 e. The maximum Gasteiger partial charge on any atom is 0.254 e. The van der Waals surface area contributed by atoms with Gasteiger partial charge in [0.1, 0.15) is 6.04 Å². The van der Waals surface area contributed by atoms with Crippen molar-refractivity contribution in [2.75, 3.05) is 18.4 Å². The van der Waals surface area contributed by atoms with Gasteiger partial charge in [-0.05, 0) is 43.0 Å². The fourth-order valence-corrected chi connectivity index (χ4v) is 2.91. The van der Waals surface area contributed by atoms with Crippen LogP contribution in [-0.2, 0) is 11.2 Å². The minimum Gasteiger partial charge on any atom is -0.384 e. The zero-order valence-electron chi connectivity index (χ0n) is 11.1. The number of nitrogens with one attached hydrogen (secondary N) is 1. The third-order valence-corrected chi connectivity index (χ3v) is 3.90. The summed E-state index contributed by atoms with van der Waals surface area (Å²) in [6.45, 7) is 1.53. The molecule has 0 bridgehead atoms. The molecular formula is C14H18ClN3O2. The van der Waals surface area contributed by atoms with Crippen LogP contribution < -0.4 is 11.1 Å². The van der Waals surface area contributed by atoms with Gasteiger partial charge in [-0.1, -0.05) is 0 Å². The maximum atomic E-state index is 12.5. The maximum absolute atomic E-state index is 12.5. The van der Waals surface area contributed by atoms with E-state index in [-0.39, 0.29) is 18.3 Å². The van der Waals surface area contributed by atoms with E-state index in [1.807, 2.05) is 18.2 Å². The van der Waals surface area contributed by atoms with Crippen molar-refractivity contribution < 1.29 is 9.59 Å². The molecule has 1 unspecified atom stereocenters. The number of nitrogens with two attached hydrogens (primary N) is 1. The minimum absolute atomic E-state index is 0. The Kier molecular flexibility index (Phi) is 4.18. The molecule has 1 aromatic rings. The summed E-state index contributed by atoms with van der Waals surface area (Å²) in [5.41, 5.74) is 8.27. The van der Waals surface area contributed by atoms with Crippen LogP contribution in [0.4, 0.5) is 5.69 Å². The molecule has 2 aliphatic heterocycles. The summed E-state index contributed by atoms with van der Waals surface area (Å²) >= 11 is 0. The molecule has 2 heterocycles. The van der Waals surface area contributed by atoms with E-state index in [1.165, 1.54) is 5.56 Å². The number of carbonyl (C=O) groups excluding carboxylic acids is 2. The number of hydrogen-bond donors (Lipinski definition) is 2. The molecular weight excluding hydrogens is 278 g/mol. The van der Waals surface area contributed by atoms with Gasteiger partial charge >= 0.3 is 0 Å². The van der Waals surface area contributed by atoms with Crippen LogP contribution in [-0.4, -0.2) is 35.8 Å². The number of carbonyl (C=O) groups is 2. The van der Waals surface area contributed by atoms with E-state index in [1.54, 1.807) is 4.90 Å². The molecule has 2 aliphatic rings. The standard InChI is InChI=1S/C14H17N3O2.ClH/c15-13(18)12-2-1-7-17(12)14(19)10-3-4-11-9(8-10)5-6-16-11;/h3-4,8,12,16H,1-2,5-7H2,(H2,15,18);1H. The Labute approximate surface area is 123 Å². The van der Waals surface area contributed by atoms with Gasteiger partial charge in [0, 0.05) is 24.3 Å². The van der Waals surface area contributed by atoms with Crippen LogP contribution in [0.3, 0.4) is 0 Å². The number of fused-ring (bicyclic) bond motifs is 1. The van der Waals surface area contributed by atoms with E-state index in [9.17, 15) is 9.59 Å². The number of amides is 2. The second kappa shape index (κ2) is 5.71. The first-order chi connectivity index (χ1) is 9.16. The summed E-state index contributed by atoms with van der Waals surface area (Å²) in [5.74, 6) is -0.496. The molecule has 3 rings (SSSR count). The lowest BCUT2D eigenvalue weighted by Gasteiger charge is -2.22. The molecule has 0 aromatic heterocycles. The van der Waals surface area contributed by atoms with Gasteiger partial charge in [0.25, 0.3) is 5.91 Å². The number of benzene rings is 1. The topological polar surface area (TPSA) is 75.4 Å². The average Bonchev–Trinajstić information content (AvgIpc) is 3.05. The molecule has 1 fully saturated rings. The summed E-state index contributed by atoms with van der Waals surface area (Å²) in [6, 6.07) is 5.23. The Bertz CT molecular complexity index is 547. The highest BCUT2D eigenvalue weighted by atomic mass is 35.5. The summed E-state index contributed by atoms with van der Waals surface area (Å²) < 4.78 is 0. The number of likely N-dealkylation sites (tertiary alicyclic amines) is 1. The monoisotopic (exact) mass is 295 g/mol. The van der Waals surface area contributed by atoms with Crippen molar-refractivity contribution in [2.45, 2.75) is 25.3 Å². The fourth-order valence-electron chi connectivity index (χ4n) is 2.91. The van der Waals surface area contributed by atoms with Crippen molar-refractivity contribution in [3.05, 3.63) is 29.3 Å². The summed E-state index contributed by atoms with van der Waals surface area (Å²) in [5, 5.41) is 3.26. The van der Waals surface area contributed by atoms with Gasteiger partial charge in [0.05, 0.1) is 0 Å². The Balaban J connectivity index is 0.00000147. The molecule has 0 saturated carbocycles. The van der Waals surface area contributed by atoms with E-state index in [0.717, 1.165) is 25.1 Å². The highest BCUT2D eigenvalue weighted by molar-refractivity contribution is 5.98. The van der Waals surface area contributed by atoms with Crippen molar-refractivity contribution in [1.29, 1.82) is 0 Å². The quantitative estimate of drug-likeness (QED) is 0.860. The average molecular weight is 296 g/mol. The molecule has 5 nitrogen and oxygen atoms in total. The predicted molar refractivity (Wildman–Crippen MR) is 79.1 cm³/mol. The Morgan fingerprint density at radius 3 is 2.90 bits per heavy atom. The fraction of sp³-hybridized carbons (Fsp3) is 0.429. The van der Waals surface area contributed by atoms with Gasteiger partial charge in [-0.15, -0.1) is 12.4 Å². The number of primary amides is 1. The number of halogens is 1. The lowest BCUT2D eigenvalue weighted by atomic mass is 10.1. The van der Waals surface area contributed by atoms with Gasteiger partial charge in [0.2, 0.25) is 5.91 Å². The SMILES string of the molecule is Cl.NC(=O)C1CCCN1C(=O)c1ccc2c(c1)CCN2. The molecule has 108 valence electrons. The van der Waals surface area contributed by atoms with Crippen molar-refractivity contribution in [3.63, 3.8) is 0 Å². The van der Waals surface area contributed by atoms with Crippen LogP contribution >= 0.6 is 12.4 Å². The zero-order valence-corrected chi connectivity index (χ0v) is 11.9. The van der Waals surface area contributed by atoms with Gasteiger partial charge in [-0.25, -0.2) is 0 Å². The Morgan fingerprint density at radius 2 is 2.15 bits per heavy atom. The molecule has 0 spiro atoms. The first-order valence-electron chi connectivity index (χ1n) is 6.64. The molecule has 1 aromatic carbocycles. The molecule has 0 aliphatic carbocycles. The Hall–Kier alpha value is -1.75. The lowest BCUT2D eigenvalue weighted by Crippen LogP contribution is -2.43. The second-order valence-corrected chi connectivity index (χ2v) is 5.11. The van der Waals surface area contributed by atoms with E-state index >= 15 is 0 Å². The van der Waals surface area contributed by atoms with Gasteiger partial charge in [-0.3, -0.25) is 9.59 Å². The minimum atomic E-state index is -0.445. The summed E-state index contributed by atoms with van der Waals surface area (Å²) in [7, 11) is 0. The number of hydrogen-bond acceptors (Lipinski definition) is 3. The van der Waals surface area contributed by atoms with Crippen molar-refractivity contribution in [1.82, 2.24) is 4.90 Å². The number of nitrogens with zero attached hydrogens (tertiary/aromatic N) is 1. The van der Waals surface area contributed by atoms with E-state index in [0.29, 0.717) is 18.5 Å². The zero-order chi connectivity index (χ0) is 13.4. The van der Waals surface area contributed by atoms with Crippen LogP contribution in [0, 0.1) is 0 Å². The molecule has 0 radical (unpaired) electrons. The highest BCUT2D eigenvalue weighted by Gasteiger charge is 2.33. The summed E-state index contributed by atoms with van der Waals surface area (Å²) in [4.78, 5) is 25.4. The molecule has 2 amide bonds. The molecule has 1 saturated heterocycles. The predicted octanol–water partition coefficient (Wildman–Crippen LogP) is 1.17. The van der Waals surface area contributed by atoms with Crippen molar-refractivity contribution >= 4 is 29.9 Å². The van der Waals surface area contributed by atoms with Crippen LogP contribution in [0.25, 0.3) is 0 Å². The van der Waals surface area contributed by atoms with Crippen LogP contribution in [0.15, 0.2) is 18.2 Å². The normalized spacial score (nSPS) is 20.0. The molecule has 20 heavy (non-hydrogen) atoms. The first kappa shape index (κ1) is 14.7.